The summed E-state index contributed by atoms with van der Waals surface area (Å²) in [6.45, 7) is 5.44. The first-order chi connectivity index (χ1) is 15.5. The van der Waals surface area contributed by atoms with Crippen molar-refractivity contribution in [3.8, 4) is 5.75 Å². The number of rotatable bonds is 6. The van der Waals surface area contributed by atoms with Crippen LogP contribution in [0.15, 0.2) is 88.3 Å². The maximum absolute atomic E-state index is 13.5. The minimum absolute atomic E-state index is 0.0787. The molecule has 6 nitrogen and oxygen atoms in total. The Morgan fingerprint density at radius 2 is 1.91 bits per heavy atom. The zero-order valence-electron chi connectivity index (χ0n) is 17.8. The van der Waals surface area contributed by atoms with Crippen LogP contribution in [0.5, 0.6) is 5.75 Å². The van der Waals surface area contributed by atoms with E-state index in [0.717, 1.165) is 11.1 Å². The van der Waals surface area contributed by atoms with Gasteiger partial charge in [0.15, 0.2) is 4.80 Å². The number of fused-ring (bicyclic) bond motifs is 1. The summed E-state index contributed by atoms with van der Waals surface area (Å²) in [6, 6.07) is 16.3. The Hall–Kier alpha value is -3.71. The molecular formula is C25H22N2O4S. The van der Waals surface area contributed by atoms with Crippen molar-refractivity contribution in [1.82, 2.24) is 4.57 Å². The van der Waals surface area contributed by atoms with Crippen LogP contribution >= 0.6 is 11.3 Å². The Kier molecular flexibility index (Phi) is 6.18. The molecule has 1 unspecified atom stereocenters. The lowest BCUT2D eigenvalue weighted by Gasteiger charge is -2.24. The number of methoxy groups -OCH3 is 1. The third-order valence-corrected chi connectivity index (χ3v) is 6.10. The first-order valence-corrected chi connectivity index (χ1v) is 10.9. The van der Waals surface area contributed by atoms with Gasteiger partial charge in [0, 0.05) is 5.56 Å². The fraction of sp³-hybridized carbons (Fsp3) is 0.160. The van der Waals surface area contributed by atoms with Crippen LogP contribution in [0.3, 0.4) is 0 Å². The molecule has 1 atom stereocenters. The Labute approximate surface area is 189 Å². The fourth-order valence-electron chi connectivity index (χ4n) is 3.67. The molecule has 0 amide bonds. The molecule has 0 N–H and O–H groups in total. The molecule has 2 aromatic carbocycles. The third-order valence-electron chi connectivity index (χ3n) is 5.11. The van der Waals surface area contributed by atoms with Gasteiger partial charge in [-0.2, -0.15) is 0 Å². The molecule has 0 saturated carbocycles. The monoisotopic (exact) mass is 446 g/mol. The van der Waals surface area contributed by atoms with E-state index >= 15 is 0 Å². The van der Waals surface area contributed by atoms with Gasteiger partial charge >= 0.3 is 5.97 Å². The van der Waals surface area contributed by atoms with E-state index in [-0.39, 0.29) is 12.2 Å². The number of carbonyl (C=O) groups excluding carboxylic acids is 1. The lowest BCUT2D eigenvalue weighted by molar-refractivity contribution is -0.138. The van der Waals surface area contributed by atoms with Crippen LogP contribution in [0.1, 0.15) is 24.1 Å². The summed E-state index contributed by atoms with van der Waals surface area (Å²) >= 11 is 1.28. The molecule has 162 valence electrons. The Balaban J connectivity index is 1.94. The van der Waals surface area contributed by atoms with Crippen LogP contribution in [-0.4, -0.2) is 24.3 Å². The molecule has 1 aromatic heterocycles. The average molecular weight is 447 g/mol. The Morgan fingerprint density at radius 1 is 1.19 bits per heavy atom. The predicted molar refractivity (Wildman–Crippen MR) is 124 cm³/mol. The maximum Gasteiger partial charge on any atom is 0.338 e. The predicted octanol–water partition coefficient (Wildman–Crippen LogP) is 2.97. The summed E-state index contributed by atoms with van der Waals surface area (Å²) in [5.74, 6) is 0.154. The number of allylic oxidation sites excluding steroid dienone is 1. The summed E-state index contributed by atoms with van der Waals surface area (Å²) in [5.41, 5.74) is 2.23. The molecule has 0 aliphatic carbocycles. The van der Waals surface area contributed by atoms with E-state index in [1.54, 1.807) is 24.7 Å². The quantitative estimate of drug-likeness (QED) is 0.431. The Bertz CT molecular complexity index is 1380. The van der Waals surface area contributed by atoms with Gasteiger partial charge in [-0.25, -0.2) is 9.79 Å². The van der Waals surface area contributed by atoms with E-state index < -0.39 is 12.0 Å². The number of esters is 1. The summed E-state index contributed by atoms with van der Waals surface area (Å²) in [7, 11) is 1.59. The molecule has 4 rings (SSSR count). The standard InChI is InChI=1S/C25H22N2O4S/c1-4-14-31-24(29)21-16(2)26-25-27(22(21)17-10-6-5-7-11-17)23(28)20(32-25)15-18-12-8-9-13-19(18)30-3/h4-13,15,22H,1,14H2,2-3H3/b20-15+. The first-order valence-electron chi connectivity index (χ1n) is 10.0. The second kappa shape index (κ2) is 9.20. The number of thiazole rings is 1. The van der Waals surface area contributed by atoms with E-state index in [4.69, 9.17) is 9.47 Å². The summed E-state index contributed by atoms with van der Waals surface area (Å²) in [4.78, 5) is 31.6. The van der Waals surface area contributed by atoms with Gasteiger partial charge in [-0.1, -0.05) is 72.5 Å². The van der Waals surface area contributed by atoms with Crippen LogP contribution in [0.4, 0.5) is 0 Å². The van der Waals surface area contributed by atoms with E-state index in [0.29, 0.717) is 26.4 Å². The van der Waals surface area contributed by atoms with Crippen molar-refractivity contribution < 1.29 is 14.3 Å². The zero-order valence-corrected chi connectivity index (χ0v) is 18.6. The van der Waals surface area contributed by atoms with Crippen molar-refractivity contribution >= 4 is 23.4 Å². The SMILES string of the molecule is C=CCOC(=O)C1=C(C)N=c2s/c(=C/c3ccccc3OC)c(=O)n2C1c1ccccc1. The van der Waals surface area contributed by atoms with Gasteiger partial charge in [0.2, 0.25) is 0 Å². The molecule has 0 fully saturated rings. The van der Waals surface area contributed by atoms with Crippen molar-refractivity contribution in [2.45, 2.75) is 13.0 Å². The highest BCUT2D eigenvalue weighted by molar-refractivity contribution is 7.07. The van der Waals surface area contributed by atoms with Gasteiger partial charge < -0.3 is 9.47 Å². The van der Waals surface area contributed by atoms with Gasteiger partial charge in [0.25, 0.3) is 5.56 Å². The molecule has 0 spiro atoms. The second-order valence-electron chi connectivity index (χ2n) is 7.12. The van der Waals surface area contributed by atoms with Crippen LogP contribution in [-0.2, 0) is 9.53 Å². The summed E-state index contributed by atoms with van der Waals surface area (Å²) in [6.07, 6.45) is 3.30. The largest absolute Gasteiger partial charge is 0.496 e. The van der Waals surface area contributed by atoms with Crippen molar-refractivity contribution in [3.63, 3.8) is 0 Å². The summed E-state index contributed by atoms with van der Waals surface area (Å²) < 4.78 is 12.8. The highest BCUT2D eigenvalue weighted by Crippen LogP contribution is 2.30. The Morgan fingerprint density at radius 3 is 2.62 bits per heavy atom. The molecule has 0 bridgehead atoms. The normalized spacial score (nSPS) is 15.7. The molecule has 1 aliphatic heterocycles. The number of para-hydroxylation sites is 1. The molecule has 3 aromatic rings. The van der Waals surface area contributed by atoms with Crippen molar-refractivity contribution in [2.75, 3.05) is 13.7 Å². The highest BCUT2D eigenvalue weighted by atomic mass is 32.1. The highest BCUT2D eigenvalue weighted by Gasteiger charge is 2.33. The van der Waals surface area contributed by atoms with Gasteiger partial charge in [-0.3, -0.25) is 9.36 Å². The van der Waals surface area contributed by atoms with Gasteiger partial charge in [0.1, 0.15) is 12.4 Å². The minimum Gasteiger partial charge on any atom is -0.496 e. The number of hydrogen-bond donors (Lipinski definition) is 0. The van der Waals surface area contributed by atoms with Crippen LogP contribution in [0, 0.1) is 0 Å². The topological polar surface area (TPSA) is 69.9 Å². The third kappa shape index (κ3) is 3.94. The lowest BCUT2D eigenvalue weighted by atomic mass is 9.96. The van der Waals surface area contributed by atoms with Crippen molar-refractivity contribution in [1.29, 1.82) is 0 Å². The maximum atomic E-state index is 13.5. The van der Waals surface area contributed by atoms with Gasteiger partial charge in [-0.05, 0) is 24.6 Å². The van der Waals surface area contributed by atoms with Crippen molar-refractivity contribution in [3.05, 3.63) is 109 Å². The second-order valence-corrected chi connectivity index (χ2v) is 8.13. The fourth-order valence-corrected chi connectivity index (χ4v) is 4.71. The molecule has 0 saturated heterocycles. The zero-order chi connectivity index (χ0) is 22.7. The number of ether oxygens (including phenoxy) is 2. The minimum atomic E-state index is -0.635. The number of benzene rings is 2. The number of carbonyl (C=O) groups is 1. The van der Waals surface area contributed by atoms with E-state index in [1.165, 1.54) is 17.4 Å². The molecular weight excluding hydrogens is 424 g/mol. The number of hydrogen-bond acceptors (Lipinski definition) is 6. The van der Waals surface area contributed by atoms with E-state index in [2.05, 4.69) is 11.6 Å². The summed E-state index contributed by atoms with van der Waals surface area (Å²) in [5, 5.41) is 0. The molecule has 2 heterocycles. The molecule has 7 heteroatoms. The van der Waals surface area contributed by atoms with Crippen LogP contribution in [0.25, 0.3) is 6.08 Å². The molecule has 0 radical (unpaired) electrons. The van der Waals surface area contributed by atoms with Gasteiger partial charge in [-0.15, -0.1) is 0 Å². The van der Waals surface area contributed by atoms with Crippen molar-refractivity contribution in [2.24, 2.45) is 4.99 Å². The van der Waals surface area contributed by atoms with Gasteiger partial charge in [0.05, 0.1) is 29.0 Å². The van der Waals surface area contributed by atoms with Crippen LogP contribution in [0.2, 0.25) is 0 Å². The smallest absolute Gasteiger partial charge is 0.338 e. The average Bonchev–Trinajstić information content (AvgIpc) is 3.11. The molecule has 32 heavy (non-hydrogen) atoms. The first kappa shape index (κ1) is 21.5. The van der Waals surface area contributed by atoms with Crippen LogP contribution < -0.4 is 19.6 Å². The lowest BCUT2D eigenvalue weighted by Crippen LogP contribution is -2.39. The van der Waals surface area contributed by atoms with E-state index in [1.807, 2.05) is 54.6 Å². The van der Waals surface area contributed by atoms with E-state index in [9.17, 15) is 9.59 Å². The number of nitrogens with zero attached hydrogens (tertiary/aromatic N) is 2. The number of aromatic nitrogens is 1. The molecule has 1 aliphatic rings.